The van der Waals surface area contributed by atoms with Gasteiger partial charge in [0.25, 0.3) is 5.56 Å². The monoisotopic (exact) mass is 368 g/mol. The van der Waals surface area contributed by atoms with E-state index in [9.17, 15) is 10.0 Å². The first-order chi connectivity index (χ1) is 12.6. The quantitative estimate of drug-likeness (QED) is 0.568. The molecule has 0 aliphatic carbocycles. The SMILES string of the molecule is O=c1[nH]c(-c2ccc(Cl)cc2)nc2c1CN(Cc1cc[n+]([O-])cc1)CC2. The number of hydrogen-bond acceptors (Lipinski definition) is 4. The first-order valence-electron chi connectivity index (χ1n) is 8.36. The van der Waals surface area contributed by atoms with Gasteiger partial charge in [-0.2, -0.15) is 4.73 Å². The van der Waals surface area contributed by atoms with E-state index in [-0.39, 0.29) is 5.56 Å². The number of pyridine rings is 1. The van der Waals surface area contributed by atoms with Crippen molar-refractivity contribution in [1.29, 1.82) is 0 Å². The molecule has 1 aromatic carbocycles. The third-order valence-electron chi connectivity index (χ3n) is 4.54. The summed E-state index contributed by atoms with van der Waals surface area (Å²) in [6.07, 6.45) is 3.69. The molecule has 1 aliphatic heterocycles. The summed E-state index contributed by atoms with van der Waals surface area (Å²) in [6, 6.07) is 10.9. The van der Waals surface area contributed by atoms with Crippen LogP contribution in [0.4, 0.5) is 0 Å². The number of rotatable bonds is 3. The Labute approximate surface area is 155 Å². The molecule has 132 valence electrons. The molecule has 2 aromatic heterocycles. The molecule has 1 aliphatic rings. The van der Waals surface area contributed by atoms with Crippen LogP contribution in [0.25, 0.3) is 11.4 Å². The topological polar surface area (TPSA) is 75.9 Å². The van der Waals surface area contributed by atoms with Crippen LogP contribution >= 0.6 is 11.6 Å². The fraction of sp³-hybridized carbons (Fsp3) is 0.211. The van der Waals surface area contributed by atoms with Gasteiger partial charge in [-0.25, -0.2) is 4.98 Å². The Morgan fingerprint density at radius 2 is 1.92 bits per heavy atom. The number of fused-ring (bicyclic) bond motifs is 1. The average molecular weight is 369 g/mol. The van der Waals surface area contributed by atoms with E-state index >= 15 is 0 Å². The number of halogens is 1. The van der Waals surface area contributed by atoms with Gasteiger partial charge in [-0.3, -0.25) is 9.69 Å². The molecule has 0 spiro atoms. The molecule has 0 atom stereocenters. The van der Waals surface area contributed by atoms with Gasteiger partial charge in [0.1, 0.15) is 5.82 Å². The lowest BCUT2D eigenvalue weighted by molar-refractivity contribution is -0.605. The van der Waals surface area contributed by atoms with E-state index in [1.165, 1.54) is 12.4 Å². The fourth-order valence-electron chi connectivity index (χ4n) is 3.17. The van der Waals surface area contributed by atoms with Crippen molar-refractivity contribution < 1.29 is 4.73 Å². The molecule has 3 aromatic rings. The van der Waals surface area contributed by atoms with Crippen LogP contribution in [0.1, 0.15) is 16.8 Å². The minimum atomic E-state index is -0.102. The lowest BCUT2D eigenvalue weighted by Crippen LogP contribution is -2.35. The van der Waals surface area contributed by atoms with Gasteiger partial charge in [-0.15, -0.1) is 0 Å². The zero-order chi connectivity index (χ0) is 18.1. The van der Waals surface area contributed by atoms with Gasteiger partial charge in [-0.05, 0) is 29.8 Å². The van der Waals surface area contributed by atoms with E-state index in [1.807, 2.05) is 12.1 Å². The predicted molar refractivity (Wildman–Crippen MR) is 98.5 cm³/mol. The normalized spacial score (nSPS) is 14.2. The maximum atomic E-state index is 12.6. The number of H-pyrrole nitrogens is 1. The van der Waals surface area contributed by atoms with Crippen LogP contribution in [0, 0.1) is 5.21 Å². The molecule has 4 rings (SSSR count). The summed E-state index contributed by atoms with van der Waals surface area (Å²) in [7, 11) is 0. The number of aromatic nitrogens is 3. The second kappa shape index (κ2) is 6.90. The number of aromatic amines is 1. The van der Waals surface area contributed by atoms with Crippen molar-refractivity contribution in [2.75, 3.05) is 6.54 Å². The maximum Gasteiger partial charge on any atom is 0.255 e. The van der Waals surface area contributed by atoms with Crippen molar-refractivity contribution >= 4 is 11.6 Å². The van der Waals surface area contributed by atoms with Gasteiger partial charge in [-0.1, -0.05) is 11.6 Å². The van der Waals surface area contributed by atoms with Crippen molar-refractivity contribution in [3.63, 3.8) is 0 Å². The molecule has 0 bridgehead atoms. The molecule has 6 nitrogen and oxygen atoms in total. The van der Waals surface area contributed by atoms with Crippen LogP contribution in [0.2, 0.25) is 5.02 Å². The van der Waals surface area contributed by atoms with Gasteiger partial charge >= 0.3 is 0 Å². The Morgan fingerprint density at radius 3 is 2.65 bits per heavy atom. The van der Waals surface area contributed by atoms with E-state index in [4.69, 9.17) is 11.6 Å². The molecule has 3 heterocycles. The van der Waals surface area contributed by atoms with E-state index in [1.54, 1.807) is 24.3 Å². The molecule has 0 fully saturated rings. The van der Waals surface area contributed by atoms with E-state index in [2.05, 4.69) is 14.9 Å². The highest BCUT2D eigenvalue weighted by atomic mass is 35.5. The number of benzene rings is 1. The van der Waals surface area contributed by atoms with E-state index in [0.717, 1.165) is 28.1 Å². The smallest absolute Gasteiger partial charge is 0.255 e. The average Bonchev–Trinajstić information content (AvgIpc) is 2.64. The Kier molecular flexibility index (Phi) is 4.44. The summed E-state index contributed by atoms with van der Waals surface area (Å²) in [5.74, 6) is 0.571. The first kappa shape index (κ1) is 16.8. The summed E-state index contributed by atoms with van der Waals surface area (Å²) >= 11 is 5.92. The highest BCUT2D eigenvalue weighted by Crippen LogP contribution is 2.21. The number of hydrogen-bond donors (Lipinski definition) is 1. The summed E-state index contributed by atoms with van der Waals surface area (Å²) in [5, 5.41) is 11.8. The second-order valence-corrected chi connectivity index (χ2v) is 6.81. The van der Waals surface area contributed by atoms with E-state index < -0.39 is 0 Å². The van der Waals surface area contributed by atoms with Crippen molar-refractivity contribution in [1.82, 2.24) is 14.9 Å². The molecule has 0 amide bonds. The van der Waals surface area contributed by atoms with Crippen LogP contribution < -0.4 is 10.3 Å². The van der Waals surface area contributed by atoms with Gasteiger partial charge in [0.05, 0.1) is 11.3 Å². The summed E-state index contributed by atoms with van der Waals surface area (Å²) in [5.41, 5.74) is 3.34. The van der Waals surface area contributed by atoms with Crippen LogP contribution in [0.3, 0.4) is 0 Å². The molecule has 0 saturated carbocycles. The van der Waals surface area contributed by atoms with Crippen molar-refractivity contribution in [3.8, 4) is 11.4 Å². The van der Waals surface area contributed by atoms with Gasteiger partial charge in [0, 0.05) is 48.8 Å². The summed E-state index contributed by atoms with van der Waals surface area (Å²) in [6.45, 7) is 2.05. The Morgan fingerprint density at radius 1 is 1.19 bits per heavy atom. The summed E-state index contributed by atoms with van der Waals surface area (Å²) in [4.78, 5) is 22.3. The predicted octanol–water partition coefficient (Wildman–Crippen LogP) is 2.28. The Hall–Kier alpha value is -2.70. The number of nitrogens with one attached hydrogen (secondary N) is 1. The molecule has 1 N–H and O–H groups in total. The van der Waals surface area contributed by atoms with Gasteiger partial charge in [0.15, 0.2) is 12.4 Å². The van der Waals surface area contributed by atoms with Crippen molar-refractivity contribution in [2.45, 2.75) is 19.5 Å². The van der Waals surface area contributed by atoms with Gasteiger partial charge < -0.3 is 10.2 Å². The highest BCUT2D eigenvalue weighted by Gasteiger charge is 2.21. The minimum absolute atomic E-state index is 0.102. The van der Waals surface area contributed by atoms with Crippen molar-refractivity contribution in [3.05, 3.63) is 86.2 Å². The lowest BCUT2D eigenvalue weighted by Gasteiger charge is -2.27. The summed E-state index contributed by atoms with van der Waals surface area (Å²) < 4.78 is 0.766. The molecule has 0 radical (unpaired) electrons. The molecular weight excluding hydrogens is 352 g/mol. The standard InChI is InChI=1S/C19H17ClN4O2/c20-15-3-1-14(2-4-15)18-21-17-7-8-23(12-16(17)19(25)22-18)11-13-5-9-24(26)10-6-13/h1-6,9-10H,7-8,11-12H2,(H,21,22,25). The van der Waals surface area contributed by atoms with Crippen LogP contribution in [-0.4, -0.2) is 21.4 Å². The van der Waals surface area contributed by atoms with Crippen LogP contribution in [0.5, 0.6) is 0 Å². The first-order valence-corrected chi connectivity index (χ1v) is 8.74. The maximum absolute atomic E-state index is 12.6. The molecule has 0 saturated heterocycles. The zero-order valence-electron chi connectivity index (χ0n) is 14.0. The van der Waals surface area contributed by atoms with E-state index in [0.29, 0.717) is 35.9 Å². The molecular formula is C19H17ClN4O2. The molecule has 0 unspecified atom stereocenters. The minimum Gasteiger partial charge on any atom is -0.619 e. The molecule has 7 heteroatoms. The second-order valence-electron chi connectivity index (χ2n) is 6.37. The number of nitrogens with zero attached hydrogens (tertiary/aromatic N) is 3. The lowest BCUT2D eigenvalue weighted by atomic mass is 10.1. The fourth-order valence-corrected chi connectivity index (χ4v) is 3.29. The Bertz CT molecular complexity index is 984. The van der Waals surface area contributed by atoms with Gasteiger partial charge in [0.2, 0.25) is 0 Å². The van der Waals surface area contributed by atoms with Crippen molar-refractivity contribution in [2.24, 2.45) is 0 Å². The van der Waals surface area contributed by atoms with Crippen LogP contribution in [-0.2, 0) is 19.5 Å². The third kappa shape index (κ3) is 3.47. The third-order valence-corrected chi connectivity index (χ3v) is 4.79. The van der Waals surface area contributed by atoms with Crippen LogP contribution in [0.15, 0.2) is 53.6 Å². The highest BCUT2D eigenvalue weighted by molar-refractivity contribution is 6.30. The Balaban J connectivity index is 1.57. The largest absolute Gasteiger partial charge is 0.619 e. The molecule has 26 heavy (non-hydrogen) atoms. The zero-order valence-corrected chi connectivity index (χ0v) is 14.7.